The molecular formula is C14H18N2O4. The molecule has 0 unspecified atom stereocenters. The van der Waals surface area contributed by atoms with Gasteiger partial charge in [0.25, 0.3) is 0 Å². The third-order valence-corrected chi connectivity index (χ3v) is 2.62. The van der Waals surface area contributed by atoms with E-state index in [0.29, 0.717) is 6.42 Å². The first-order valence-electron chi connectivity index (χ1n) is 6.41. The average Bonchev–Trinajstić information content (AvgIpc) is 2.43. The minimum absolute atomic E-state index is 0.0601. The predicted octanol–water partition coefficient (Wildman–Crippen LogP) is 1.02. The summed E-state index contributed by atoms with van der Waals surface area (Å²) in [5, 5.41) is 8.42. The molecule has 1 rings (SSSR count). The lowest BCUT2D eigenvalue weighted by Gasteiger charge is -2.07. The second kappa shape index (κ2) is 8.68. The van der Waals surface area contributed by atoms with Gasteiger partial charge >= 0.3 is 5.97 Å². The number of amides is 2. The van der Waals surface area contributed by atoms with Gasteiger partial charge in [-0.2, -0.15) is 0 Å². The highest BCUT2D eigenvalue weighted by atomic mass is 16.4. The van der Waals surface area contributed by atoms with E-state index in [4.69, 9.17) is 5.11 Å². The molecule has 0 bridgehead atoms. The lowest BCUT2D eigenvalue weighted by Crippen LogP contribution is -2.41. The molecule has 1 aromatic carbocycles. The number of hydrogen-bond acceptors (Lipinski definition) is 3. The second-order valence-electron chi connectivity index (χ2n) is 4.33. The van der Waals surface area contributed by atoms with E-state index in [1.165, 1.54) is 0 Å². The van der Waals surface area contributed by atoms with Gasteiger partial charge in [0.2, 0.25) is 11.8 Å². The number of carbonyl (C=O) groups excluding carboxylic acids is 2. The summed E-state index contributed by atoms with van der Waals surface area (Å²) in [5.74, 6) is -1.61. The van der Waals surface area contributed by atoms with Crippen LogP contribution in [0.15, 0.2) is 30.3 Å². The third kappa shape index (κ3) is 7.15. The predicted molar refractivity (Wildman–Crippen MR) is 72.5 cm³/mol. The molecule has 0 saturated heterocycles. The van der Waals surface area contributed by atoms with E-state index in [0.717, 1.165) is 5.56 Å². The van der Waals surface area contributed by atoms with Gasteiger partial charge in [0.15, 0.2) is 0 Å². The molecule has 6 heteroatoms. The van der Waals surface area contributed by atoms with Crippen LogP contribution in [0.2, 0.25) is 0 Å². The number of carboxylic acid groups (broad SMARTS) is 1. The first-order chi connectivity index (χ1) is 9.58. The number of hydrazine groups is 1. The van der Waals surface area contributed by atoms with Crippen molar-refractivity contribution in [2.24, 2.45) is 0 Å². The molecule has 0 heterocycles. The Balaban J connectivity index is 2.13. The van der Waals surface area contributed by atoms with Gasteiger partial charge in [-0.05, 0) is 18.4 Å². The molecule has 3 N–H and O–H groups in total. The molecule has 2 amide bonds. The maximum Gasteiger partial charge on any atom is 0.303 e. The first-order valence-corrected chi connectivity index (χ1v) is 6.41. The molecule has 6 nitrogen and oxygen atoms in total. The molecule has 0 radical (unpaired) electrons. The Morgan fingerprint density at radius 3 is 2.10 bits per heavy atom. The van der Waals surface area contributed by atoms with Crippen LogP contribution in [0.25, 0.3) is 0 Å². The average molecular weight is 278 g/mol. The van der Waals surface area contributed by atoms with Crippen LogP contribution >= 0.6 is 0 Å². The van der Waals surface area contributed by atoms with Crippen molar-refractivity contribution in [3.8, 4) is 0 Å². The van der Waals surface area contributed by atoms with E-state index >= 15 is 0 Å². The number of rotatable bonds is 7. The highest BCUT2D eigenvalue weighted by Crippen LogP contribution is 2.01. The van der Waals surface area contributed by atoms with Crippen molar-refractivity contribution in [2.45, 2.75) is 32.1 Å². The number of benzene rings is 1. The fraction of sp³-hybridized carbons (Fsp3) is 0.357. The molecule has 0 aliphatic heterocycles. The zero-order chi connectivity index (χ0) is 14.8. The summed E-state index contributed by atoms with van der Waals surface area (Å²) in [5.41, 5.74) is 5.62. The van der Waals surface area contributed by atoms with E-state index < -0.39 is 5.97 Å². The van der Waals surface area contributed by atoms with Crippen LogP contribution < -0.4 is 10.9 Å². The molecule has 0 atom stereocenters. The topological polar surface area (TPSA) is 95.5 Å². The van der Waals surface area contributed by atoms with Gasteiger partial charge in [-0.3, -0.25) is 25.2 Å². The Bertz CT molecular complexity index is 460. The van der Waals surface area contributed by atoms with Crippen LogP contribution in [0, 0.1) is 0 Å². The Kier molecular flexibility index (Phi) is 6.81. The summed E-state index contributed by atoms with van der Waals surface area (Å²) in [6.45, 7) is 0. The van der Waals surface area contributed by atoms with E-state index in [9.17, 15) is 14.4 Å². The number of nitrogens with one attached hydrogen (secondary N) is 2. The molecule has 0 aliphatic carbocycles. The summed E-state index contributed by atoms with van der Waals surface area (Å²) in [6, 6.07) is 9.56. The number of carboxylic acids is 1. The number of aliphatic carboxylic acids is 1. The monoisotopic (exact) mass is 278 g/mol. The van der Waals surface area contributed by atoms with Crippen molar-refractivity contribution in [2.75, 3.05) is 0 Å². The van der Waals surface area contributed by atoms with Crippen LogP contribution in [-0.4, -0.2) is 22.9 Å². The number of carbonyl (C=O) groups is 3. The molecule has 0 aliphatic rings. The second-order valence-corrected chi connectivity index (χ2v) is 4.33. The minimum Gasteiger partial charge on any atom is -0.481 e. The van der Waals surface area contributed by atoms with Gasteiger partial charge in [-0.15, -0.1) is 0 Å². The number of hydrogen-bond donors (Lipinski definition) is 3. The standard InChI is InChI=1S/C14H18N2O4/c17-12(7-4-8-14(19)20)15-16-13(18)10-9-11-5-2-1-3-6-11/h1-3,5-6H,4,7-10H2,(H,15,17)(H,16,18)(H,19,20). The van der Waals surface area contributed by atoms with Crippen LogP contribution in [0.3, 0.4) is 0 Å². The zero-order valence-corrected chi connectivity index (χ0v) is 11.1. The minimum atomic E-state index is -0.940. The highest BCUT2D eigenvalue weighted by Gasteiger charge is 2.06. The van der Waals surface area contributed by atoms with Gasteiger partial charge in [-0.1, -0.05) is 30.3 Å². The van der Waals surface area contributed by atoms with Gasteiger partial charge < -0.3 is 5.11 Å². The van der Waals surface area contributed by atoms with Crippen LogP contribution in [0.5, 0.6) is 0 Å². The van der Waals surface area contributed by atoms with E-state index in [2.05, 4.69) is 10.9 Å². The molecule has 0 saturated carbocycles. The Morgan fingerprint density at radius 2 is 1.50 bits per heavy atom. The number of aryl methyl sites for hydroxylation is 1. The fourth-order valence-electron chi connectivity index (χ4n) is 1.57. The van der Waals surface area contributed by atoms with Crippen LogP contribution in [-0.2, 0) is 20.8 Å². The summed E-state index contributed by atoms with van der Waals surface area (Å²) in [7, 11) is 0. The summed E-state index contributed by atoms with van der Waals surface area (Å²) in [4.78, 5) is 33.0. The van der Waals surface area contributed by atoms with Crippen molar-refractivity contribution in [1.82, 2.24) is 10.9 Å². The lowest BCUT2D eigenvalue weighted by molar-refractivity contribution is -0.137. The van der Waals surface area contributed by atoms with Crippen molar-refractivity contribution in [1.29, 1.82) is 0 Å². The lowest BCUT2D eigenvalue weighted by atomic mass is 10.1. The summed E-state index contributed by atoms with van der Waals surface area (Å²) in [6.07, 6.45) is 1.14. The van der Waals surface area contributed by atoms with Crippen molar-refractivity contribution < 1.29 is 19.5 Å². The molecule has 20 heavy (non-hydrogen) atoms. The largest absolute Gasteiger partial charge is 0.481 e. The smallest absolute Gasteiger partial charge is 0.303 e. The van der Waals surface area contributed by atoms with Crippen molar-refractivity contribution in [3.63, 3.8) is 0 Å². The maximum absolute atomic E-state index is 11.5. The molecule has 0 aromatic heterocycles. The van der Waals surface area contributed by atoms with Crippen molar-refractivity contribution in [3.05, 3.63) is 35.9 Å². The molecule has 108 valence electrons. The Labute approximate surface area is 117 Å². The molecule has 0 spiro atoms. The quantitative estimate of drug-likeness (QED) is 0.649. The van der Waals surface area contributed by atoms with Crippen LogP contribution in [0.4, 0.5) is 0 Å². The fourth-order valence-corrected chi connectivity index (χ4v) is 1.57. The molecule has 1 aromatic rings. The van der Waals surface area contributed by atoms with E-state index in [1.807, 2.05) is 30.3 Å². The normalized spacial score (nSPS) is 9.80. The Hall–Kier alpha value is -2.37. The summed E-state index contributed by atoms with van der Waals surface area (Å²) >= 11 is 0. The first kappa shape index (κ1) is 15.7. The maximum atomic E-state index is 11.5. The summed E-state index contributed by atoms with van der Waals surface area (Å²) < 4.78 is 0. The van der Waals surface area contributed by atoms with Gasteiger partial charge in [0.05, 0.1) is 0 Å². The van der Waals surface area contributed by atoms with E-state index in [1.54, 1.807) is 0 Å². The van der Waals surface area contributed by atoms with Crippen molar-refractivity contribution >= 4 is 17.8 Å². The van der Waals surface area contributed by atoms with Crippen LogP contribution in [0.1, 0.15) is 31.2 Å². The van der Waals surface area contributed by atoms with Gasteiger partial charge in [-0.25, -0.2) is 0 Å². The molecular weight excluding hydrogens is 260 g/mol. The Morgan fingerprint density at radius 1 is 0.900 bits per heavy atom. The highest BCUT2D eigenvalue weighted by molar-refractivity contribution is 5.82. The third-order valence-electron chi connectivity index (χ3n) is 2.62. The zero-order valence-electron chi connectivity index (χ0n) is 11.1. The van der Waals surface area contributed by atoms with Gasteiger partial charge in [0, 0.05) is 19.3 Å². The SMILES string of the molecule is O=C(O)CCCC(=O)NNC(=O)CCc1ccccc1. The van der Waals surface area contributed by atoms with E-state index in [-0.39, 0.29) is 37.5 Å². The van der Waals surface area contributed by atoms with Gasteiger partial charge in [0.1, 0.15) is 0 Å². The molecule has 0 fully saturated rings.